The van der Waals surface area contributed by atoms with Crippen LogP contribution < -0.4 is 16.6 Å². The Kier molecular flexibility index (Phi) is 6.24. The number of amides is 1. The number of para-hydroxylation sites is 1. The molecule has 32 heavy (non-hydrogen) atoms. The van der Waals surface area contributed by atoms with Crippen molar-refractivity contribution in [3.63, 3.8) is 0 Å². The lowest BCUT2D eigenvalue weighted by atomic mass is 10.2. The van der Waals surface area contributed by atoms with Gasteiger partial charge in [-0.3, -0.25) is 14.2 Å². The van der Waals surface area contributed by atoms with Gasteiger partial charge in [0.2, 0.25) is 15.9 Å². The van der Waals surface area contributed by atoms with Crippen LogP contribution in [0.15, 0.2) is 63.0 Å². The molecule has 1 aliphatic rings. The van der Waals surface area contributed by atoms with E-state index in [-0.39, 0.29) is 11.4 Å². The number of H-pyrrole nitrogens is 1. The van der Waals surface area contributed by atoms with Gasteiger partial charge in [-0.25, -0.2) is 13.2 Å². The summed E-state index contributed by atoms with van der Waals surface area (Å²) in [7, 11) is -3.51. The zero-order valence-corrected chi connectivity index (χ0v) is 18.2. The molecule has 168 valence electrons. The zero-order valence-electron chi connectivity index (χ0n) is 17.4. The smallest absolute Gasteiger partial charge is 0.329 e. The van der Waals surface area contributed by atoms with Gasteiger partial charge in [0.05, 0.1) is 15.8 Å². The Labute approximate surface area is 184 Å². The van der Waals surface area contributed by atoms with E-state index < -0.39 is 33.7 Å². The van der Waals surface area contributed by atoms with Crippen LogP contribution in [-0.4, -0.2) is 41.3 Å². The van der Waals surface area contributed by atoms with Crippen LogP contribution in [0, 0.1) is 0 Å². The molecular formula is C22H24N4O5S. The molecule has 9 nitrogen and oxygen atoms in total. The number of carbonyl (C=O) groups excluding carboxylic acids is 1. The van der Waals surface area contributed by atoms with Crippen LogP contribution >= 0.6 is 0 Å². The normalized spacial score (nSPS) is 15.0. The van der Waals surface area contributed by atoms with Crippen LogP contribution in [-0.2, 0) is 27.9 Å². The van der Waals surface area contributed by atoms with Crippen molar-refractivity contribution in [2.75, 3.05) is 13.1 Å². The number of nitrogens with one attached hydrogen (secondary N) is 2. The second kappa shape index (κ2) is 9.09. The second-order valence-electron chi connectivity index (χ2n) is 7.75. The number of carbonyl (C=O) groups is 1. The minimum atomic E-state index is -3.51. The number of hydrogen-bond acceptors (Lipinski definition) is 5. The monoisotopic (exact) mass is 456 g/mol. The quantitative estimate of drug-likeness (QED) is 0.577. The molecule has 1 aromatic heterocycles. The highest BCUT2D eigenvalue weighted by Gasteiger charge is 2.25. The van der Waals surface area contributed by atoms with E-state index in [4.69, 9.17) is 0 Å². The van der Waals surface area contributed by atoms with Gasteiger partial charge in [-0.15, -0.1) is 0 Å². The average Bonchev–Trinajstić information content (AvgIpc) is 2.81. The molecule has 2 heterocycles. The van der Waals surface area contributed by atoms with Crippen LogP contribution in [0.4, 0.5) is 0 Å². The lowest BCUT2D eigenvalue weighted by Crippen LogP contribution is -2.40. The summed E-state index contributed by atoms with van der Waals surface area (Å²) in [6.07, 6.45) is 2.78. The summed E-state index contributed by atoms with van der Waals surface area (Å²) in [5, 5.41) is 2.98. The van der Waals surface area contributed by atoms with Crippen molar-refractivity contribution in [3.8, 4) is 0 Å². The number of benzene rings is 2. The molecule has 0 unspecified atom stereocenters. The van der Waals surface area contributed by atoms with Crippen molar-refractivity contribution in [3.05, 3.63) is 74.9 Å². The first-order chi connectivity index (χ1) is 15.4. The van der Waals surface area contributed by atoms with Crippen molar-refractivity contribution >= 4 is 26.8 Å². The van der Waals surface area contributed by atoms with Gasteiger partial charge < -0.3 is 10.3 Å². The first-order valence-electron chi connectivity index (χ1n) is 10.4. The van der Waals surface area contributed by atoms with Crippen LogP contribution in [0.2, 0.25) is 0 Å². The molecule has 0 atom stereocenters. The summed E-state index contributed by atoms with van der Waals surface area (Å²) in [6, 6.07) is 12.9. The third-order valence-electron chi connectivity index (χ3n) is 5.56. The van der Waals surface area contributed by atoms with Crippen LogP contribution in [0.1, 0.15) is 24.8 Å². The Balaban J connectivity index is 1.41. The first kappa shape index (κ1) is 22.0. The number of fused-ring (bicyclic) bond motifs is 1. The number of sulfonamides is 1. The Morgan fingerprint density at radius 3 is 2.38 bits per heavy atom. The molecule has 1 aliphatic heterocycles. The van der Waals surface area contributed by atoms with Gasteiger partial charge in [0, 0.05) is 19.6 Å². The molecule has 0 saturated carbocycles. The number of rotatable bonds is 6. The third kappa shape index (κ3) is 4.51. The summed E-state index contributed by atoms with van der Waals surface area (Å²) >= 11 is 0. The van der Waals surface area contributed by atoms with Gasteiger partial charge in [-0.05, 0) is 42.7 Å². The summed E-state index contributed by atoms with van der Waals surface area (Å²) in [5.74, 6) is -0.502. The maximum absolute atomic E-state index is 12.7. The number of piperidine rings is 1. The summed E-state index contributed by atoms with van der Waals surface area (Å²) in [5.41, 5.74) is -0.0719. The lowest BCUT2D eigenvalue weighted by Gasteiger charge is -2.25. The van der Waals surface area contributed by atoms with Crippen molar-refractivity contribution < 1.29 is 13.2 Å². The topological polar surface area (TPSA) is 121 Å². The number of nitrogens with zero attached hydrogens (tertiary/aromatic N) is 2. The molecule has 2 aromatic carbocycles. The summed E-state index contributed by atoms with van der Waals surface area (Å²) in [4.78, 5) is 39.9. The number of aromatic amines is 1. The van der Waals surface area contributed by atoms with E-state index in [0.717, 1.165) is 23.8 Å². The van der Waals surface area contributed by atoms with E-state index in [1.54, 1.807) is 36.4 Å². The van der Waals surface area contributed by atoms with Gasteiger partial charge in [-0.1, -0.05) is 30.7 Å². The predicted molar refractivity (Wildman–Crippen MR) is 120 cm³/mol. The fourth-order valence-corrected chi connectivity index (χ4v) is 5.29. The molecular weight excluding hydrogens is 432 g/mol. The molecule has 4 rings (SSSR count). The zero-order chi connectivity index (χ0) is 22.7. The van der Waals surface area contributed by atoms with Crippen LogP contribution in [0.25, 0.3) is 10.9 Å². The third-order valence-corrected chi connectivity index (χ3v) is 7.47. The standard InChI is InChI=1S/C22H24N4O5S/c27-20(15-26-21(28)18-6-2-3-7-19(18)24-22(26)29)23-14-16-8-10-17(11-9-16)32(30,31)25-12-4-1-5-13-25/h2-3,6-11H,1,4-5,12-15H2,(H,23,27)(H,24,29). The van der Waals surface area contributed by atoms with E-state index in [1.165, 1.54) is 16.4 Å². The summed E-state index contributed by atoms with van der Waals surface area (Å²) in [6.45, 7) is 0.796. The second-order valence-corrected chi connectivity index (χ2v) is 9.69. The van der Waals surface area contributed by atoms with Crippen molar-refractivity contribution in [2.45, 2.75) is 37.2 Å². The Morgan fingerprint density at radius 2 is 1.66 bits per heavy atom. The molecule has 0 radical (unpaired) electrons. The van der Waals surface area contributed by atoms with Crippen molar-refractivity contribution in [1.29, 1.82) is 0 Å². The van der Waals surface area contributed by atoms with Gasteiger partial charge in [0.15, 0.2) is 0 Å². The average molecular weight is 457 g/mol. The van der Waals surface area contributed by atoms with Crippen LogP contribution in [0.3, 0.4) is 0 Å². The summed E-state index contributed by atoms with van der Waals surface area (Å²) < 4.78 is 27.8. The Bertz CT molecular complexity index is 1350. The molecule has 1 amide bonds. The van der Waals surface area contributed by atoms with Gasteiger partial charge in [-0.2, -0.15) is 4.31 Å². The number of hydrogen-bond donors (Lipinski definition) is 2. The SMILES string of the molecule is O=C(Cn1c(=O)[nH]c2ccccc2c1=O)NCc1ccc(S(=O)(=O)N2CCCCC2)cc1. The van der Waals surface area contributed by atoms with Gasteiger partial charge in [0.1, 0.15) is 6.54 Å². The van der Waals surface area contributed by atoms with Crippen molar-refractivity contribution in [2.24, 2.45) is 0 Å². The molecule has 1 saturated heterocycles. The van der Waals surface area contributed by atoms with Crippen molar-refractivity contribution in [1.82, 2.24) is 19.2 Å². The highest BCUT2D eigenvalue weighted by molar-refractivity contribution is 7.89. The molecule has 0 bridgehead atoms. The first-order valence-corrected chi connectivity index (χ1v) is 11.9. The van der Waals surface area contributed by atoms with Gasteiger partial charge >= 0.3 is 5.69 Å². The number of aromatic nitrogens is 2. The highest BCUT2D eigenvalue weighted by Crippen LogP contribution is 2.20. The molecule has 3 aromatic rings. The van der Waals surface area contributed by atoms with Crippen LogP contribution in [0.5, 0.6) is 0 Å². The molecule has 2 N–H and O–H groups in total. The van der Waals surface area contributed by atoms with E-state index in [9.17, 15) is 22.8 Å². The Morgan fingerprint density at radius 1 is 0.969 bits per heavy atom. The predicted octanol–water partition coefficient (Wildman–Crippen LogP) is 1.18. The van der Waals surface area contributed by atoms with E-state index >= 15 is 0 Å². The minimum Gasteiger partial charge on any atom is -0.350 e. The highest BCUT2D eigenvalue weighted by atomic mass is 32.2. The fraction of sp³-hybridized carbons (Fsp3) is 0.318. The maximum Gasteiger partial charge on any atom is 0.329 e. The molecule has 0 aliphatic carbocycles. The molecule has 0 spiro atoms. The van der Waals surface area contributed by atoms with Gasteiger partial charge in [0.25, 0.3) is 5.56 Å². The van der Waals surface area contributed by atoms with E-state index in [0.29, 0.717) is 29.6 Å². The fourth-order valence-electron chi connectivity index (χ4n) is 3.78. The molecule has 1 fully saturated rings. The lowest BCUT2D eigenvalue weighted by molar-refractivity contribution is -0.121. The van der Waals surface area contributed by atoms with E-state index in [1.807, 2.05) is 0 Å². The largest absolute Gasteiger partial charge is 0.350 e. The van der Waals surface area contributed by atoms with E-state index in [2.05, 4.69) is 10.3 Å². The molecule has 10 heteroatoms. The maximum atomic E-state index is 12.7. The Hall–Kier alpha value is -3.24. The minimum absolute atomic E-state index is 0.142.